The number of sulfonamides is 1. The van der Waals surface area contributed by atoms with Crippen molar-refractivity contribution in [2.45, 2.75) is 31.1 Å². The Morgan fingerprint density at radius 2 is 1.96 bits per heavy atom. The highest BCUT2D eigenvalue weighted by Crippen LogP contribution is 2.22. The first kappa shape index (κ1) is 20.4. The Balaban J connectivity index is 1.62. The van der Waals surface area contributed by atoms with E-state index in [9.17, 15) is 17.6 Å². The third-order valence-corrected chi connectivity index (χ3v) is 6.41. The van der Waals surface area contributed by atoms with Crippen LogP contribution >= 0.6 is 0 Å². The van der Waals surface area contributed by atoms with Crippen molar-refractivity contribution in [3.05, 3.63) is 48.5 Å². The minimum absolute atomic E-state index is 0.0332. The van der Waals surface area contributed by atoms with Crippen molar-refractivity contribution >= 4 is 15.9 Å². The van der Waals surface area contributed by atoms with Crippen LogP contribution in [0.15, 0.2) is 47.6 Å². The molecule has 150 valence electrons. The number of hydrogen-bond acceptors (Lipinski definition) is 4. The maximum atomic E-state index is 13.4. The lowest BCUT2D eigenvalue weighted by Crippen LogP contribution is -2.39. The number of benzene rings is 1. The molecule has 0 unspecified atom stereocenters. The number of piperidine rings is 1. The number of nitrogens with one attached hydrogen (secondary N) is 1. The van der Waals surface area contributed by atoms with Gasteiger partial charge in [0, 0.05) is 37.8 Å². The summed E-state index contributed by atoms with van der Waals surface area (Å²) in [7, 11) is -3.77. The first-order valence-corrected chi connectivity index (χ1v) is 10.8. The summed E-state index contributed by atoms with van der Waals surface area (Å²) < 4.78 is 41.0. The number of carbonyl (C=O) groups is 1. The zero-order chi connectivity index (χ0) is 20.1. The van der Waals surface area contributed by atoms with Gasteiger partial charge in [0.2, 0.25) is 15.9 Å². The summed E-state index contributed by atoms with van der Waals surface area (Å²) in [4.78, 5) is 17.9. The van der Waals surface area contributed by atoms with Gasteiger partial charge in [-0.15, -0.1) is 0 Å². The molecule has 1 aromatic heterocycles. The van der Waals surface area contributed by atoms with E-state index < -0.39 is 15.8 Å². The fourth-order valence-corrected chi connectivity index (χ4v) is 4.28. The van der Waals surface area contributed by atoms with Gasteiger partial charge in [-0.05, 0) is 42.5 Å². The second kappa shape index (κ2) is 8.79. The van der Waals surface area contributed by atoms with E-state index in [2.05, 4.69) is 16.6 Å². The lowest BCUT2D eigenvalue weighted by molar-refractivity contribution is -0.132. The Morgan fingerprint density at radius 1 is 1.21 bits per heavy atom. The number of rotatable bonds is 6. The Kier molecular flexibility index (Phi) is 6.41. The number of nitrogens with zero attached hydrogens (tertiary/aromatic N) is 2. The standard InChI is InChI=1S/C20H24FN3O3S/c1-15-6-9-24(10-7-15)20(25)5-8-23-28(26,27)19-4-2-3-16(12-19)17-11-18(21)14-22-13-17/h2-4,11-15,23H,5-10H2,1H3. The number of likely N-dealkylation sites (tertiary alicyclic amines) is 1. The van der Waals surface area contributed by atoms with Crippen molar-refractivity contribution in [1.82, 2.24) is 14.6 Å². The van der Waals surface area contributed by atoms with E-state index in [0.29, 0.717) is 17.0 Å². The lowest BCUT2D eigenvalue weighted by atomic mass is 9.99. The Labute approximate surface area is 164 Å². The Morgan fingerprint density at radius 3 is 2.68 bits per heavy atom. The zero-order valence-electron chi connectivity index (χ0n) is 15.8. The highest BCUT2D eigenvalue weighted by Gasteiger charge is 2.21. The van der Waals surface area contributed by atoms with Crippen molar-refractivity contribution in [1.29, 1.82) is 0 Å². The van der Waals surface area contributed by atoms with Gasteiger partial charge >= 0.3 is 0 Å². The van der Waals surface area contributed by atoms with E-state index in [-0.39, 0.29) is 23.8 Å². The Bertz CT molecular complexity index is 941. The minimum atomic E-state index is -3.77. The second-order valence-electron chi connectivity index (χ2n) is 7.13. The van der Waals surface area contributed by atoms with Gasteiger partial charge in [0.15, 0.2) is 0 Å². The molecule has 6 nitrogen and oxygen atoms in total. The summed E-state index contributed by atoms with van der Waals surface area (Å²) >= 11 is 0. The predicted octanol–water partition coefficient (Wildman–Crippen LogP) is 2.81. The molecule has 1 aliphatic heterocycles. The molecule has 3 rings (SSSR count). The molecule has 1 saturated heterocycles. The highest BCUT2D eigenvalue weighted by molar-refractivity contribution is 7.89. The summed E-state index contributed by atoms with van der Waals surface area (Å²) in [6.45, 7) is 3.68. The van der Waals surface area contributed by atoms with Gasteiger partial charge in [0.1, 0.15) is 5.82 Å². The molecule has 8 heteroatoms. The number of carbonyl (C=O) groups excluding carboxylic acids is 1. The Hall–Kier alpha value is -2.32. The smallest absolute Gasteiger partial charge is 0.240 e. The molecular weight excluding hydrogens is 381 g/mol. The van der Waals surface area contributed by atoms with Crippen LogP contribution in [0, 0.1) is 11.7 Å². The van der Waals surface area contributed by atoms with Crippen LogP contribution in [0.4, 0.5) is 4.39 Å². The van der Waals surface area contributed by atoms with Gasteiger partial charge in [0.25, 0.3) is 0 Å². The average molecular weight is 405 g/mol. The molecule has 2 aromatic rings. The quantitative estimate of drug-likeness (QED) is 0.802. The van der Waals surface area contributed by atoms with Crippen molar-refractivity contribution in [2.75, 3.05) is 19.6 Å². The fourth-order valence-electron chi connectivity index (χ4n) is 3.20. The van der Waals surface area contributed by atoms with Crippen LogP contribution in [0.1, 0.15) is 26.2 Å². The molecule has 2 heterocycles. The van der Waals surface area contributed by atoms with E-state index in [0.717, 1.165) is 32.1 Å². The lowest BCUT2D eigenvalue weighted by Gasteiger charge is -2.30. The molecule has 0 spiro atoms. The first-order valence-electron chi connectivity index (χ1n) is 9.33. The maximum Gasteiger partial charge on any atom is 0.240 e. The molecular formula is C20H24FN3O3S. The SMILES string of the molecule is CC1CCN(C(=O)CCNS(=O)(=O)c2cccc(-c3cncc(F)c3)c2)CC1. The van der Waals surface area contributed by atoms with Gasteiger partial charge in [-0.2, -0.15) is 0 Å². The van der Waals surface area contributed by atoms with E-state index in [1.165, 1.54) is 24.4 Å². The molecule has 1 fully saturated rings. The van der Waals surface area contributed by atoms with Crippen LogP contribution in [0.5, 0.6) is 0 Å². The molecule has 1 aromatic carbocycles. The van der Waals surface area contributed by atoms with Crippen molar-refractivity contribution in [3.63, 3.8) is 0 Å². The van der Waals surface area contributed by atoms with Crippen LogP contribution in [0.25, 0.3) is 11.1 Å². The molecule has 0 bridgehead atoms. The molecule has 0 saturated carbocycles. The van der Waals surface area contributed by atoms with E-state index in [1.54, 1.807) is 17.0 Å². The molecule has 0 aliphatic carbocycles. The first-order chi connectivity index (χ1) is 13.3. The summed E-state index contributed by atoms with van der Waals surface area (Å²) in [6.07, 6.45) is 4.66. The fraction of sp³-hybridized carbons (Fsp3) is 0.400. The molecule has 0 radical (unpaired) electrons. The van der Waals surface area contributed by atoms with Crippen molar-refractivity contribution in [2.24, 2.45) is 5.92 Å². The van der Waals surface area contributed by atoms with Crippen molar-refractivity contribution in [3.8, 4) is 11.1 Å². The normalized spacial score (nSPS) is 15.6. The number of pyridine rings is 1. The topological polar surface area (TPSA) is 79.4 Å². The summed E-state index contributed by atoms with van der Waals surface area (Å²) in [5, 5.41) is 0. The zero-order valence-corrected chi connectivity index (χ0v) is 16.6. The maximum absolute atomic E-state index is 13.4. The monoisotopic (exact) mass is 405 g/mol. The van der Waals surface area contributed by atoms with E-state index in [4.69, 9.17) is 0 Å². The van der Waals surface area contributed by atoms with Gasteiger partial charge < -0.3 is 4.90 Å². The third kappa shape index (κ3) is 5.14. The number of amides is 1. The average Bonchev–Trinajstić information content (AvgIpc) is 2.68. The number of aromatic nitrogens is 1. The van der Waals surface area contributed by atoms with Gasteiger partial charge in [0.05, 0.1) is 11.1 Å². The molecule has 0 atom stereocenters. The molecule has 1 N–H and O–H groups in total. The van der Waals surface area contributed by atoms with E-state index in [1.807, 2.05) is 0 Å². The van der Waals surface area contributed by atoms with E-state index >= 15 is 0 Å². The molecule has 1 aliphatic rings. The molecule has 1 amide bonds. The second-order valence-corrected chi connectivity index (χ2v) is 8.90. The minimum Gasteiger partial charge on any atom is -0.343 e. The van der Waals surface area contributed by atoms with Gasteiger partial charge in [-0.25, -0.2) is 17.5 Å². The molecule has 28 heavy (non-hydrogen) atoms. The summed E-state index contributed by atoms with van der Waals surface area (Å²) in [6, 6.07) is 7.51. The van der Waals surface area contributed by atoms with Crippen LogP contribution < -0.4 is 4.72 Å². The van der Waals surface area contributed by atoms with Crippen LogP contribution in [-0.4, -0.2) is 43.8 Å². The third-order valence-electron chi connectivity index (χ3n) is 4.95. The number of hydrogen-bond donors (Lipinski definition) is 1. The van der Waals surface area contributed by atoms with Gasteiger partial charge in [-0.3, -0.25) is 9.78 Å². The van der Waals surface area contributed by atoms with Crippen molar-refractivity contribution < 1.29 is 17.6 Å². The highest BCUT2D eigenvalue weighted by atomic mass is 32.2. The summed E-state index contributed by atoms with van der Waals surface area (Å²) in [5.41, 5.74) is 1.04. The summed E-state index contributed by atoms with van der Waals surface area (Å²) in [5.74, 6) is 0.104. The number of halogens is 1. The predicted molar refractivity (Wildman–Crippen MR) is 104 cm³/mol. The van der Waals surface area contributed by atoms with Gasteiger partial charge in [-0.1, -0.05) is 19.1 Å². The van der Waals surface area contributed by atoms with Crippen LogP contribution in [0.2, 0.25) is 0 Å². The largest absolute Gasteiger partial charge is 0.343 e. The van der Waals surface area contributed by atoms with Crippen LogP contribution in [-0.2, 0) is 14.8 Å². The van der Waals surface area contributed by atoms with Crippen LogP contribution in [0.3, 0.4) is 0 Å².